The van der Waals surface area contributed by atoms with Gasteiger partial charge in [-0.1, -0.05) is 12.1 Å². The van der Waals surface area contributed by atoms with Crippen molar-refractivity contribution < 1.29 is 32.3 Å². The minimum atomic E-state index is -4.44. The minimum absolute atomic E-state index is 0.0291. The van der Waals surface area contributed by atoms with E-state index in [0.717, 1.165) is 18.6 Å². The van der Waals surface area contributed by atoms with Gasteiger partial charge in [0.15, 0.2) is 0 Å². The molecule has 0 spiro atoms. The van der Waals surface area contributed by atoms with Gasteiger partial charge in [-0.05, 0) is 60.6 Å². The van der Waals surface area contributed by atoms with Crippen LogP contribution in [-0.4, -0.2) is 27.6 Å². The Hall–Kier alpha value is -3.36. The van der Waals surface area contributed by atoms with Gasteiger partial charge < -0.3 is 15.0 Å². The van der Waals surface area contributed by atoms with Crippen molar-refractivity contribution in [1.82, 2.24) is 9.88 Å². The molecule has 3 aliphatic carbocycles. The molecule has 0 saturated heterocycles. The molecule has 176 valence electrons. The van der Waals surface area contributed by atoms with Crippen LogP contribution in [0.25, 0.3) is 10.9 Å². The van der Waals surface area contributed by atoms with Crippen molar-refractivity contribution in [3.8, 4) is 0 Å². The Morgan fingerprint density at radius 3 is 2.44 bits per heavy atom. The number of nitrogens with one attached hydrogen (secondary N) is 1. The number of benzene rings is 2. The first-order valence-electron chi connectivity index (χ1n) is 11.0. The van der Waals surface area contributed by atoms with Gasteiger partial charge in [-0.3, -0.25) is 9.59 Å². The van der Waals surface area contributed by atoms with E-state index in [1.807, 2.05) is 0 Å². The third-order valence-electron chi connectivity index (χ3n) is 8.27. The summed E-state index contributed by atoms with van der Waals surface area (Å²) in [5, 5.41) is 13.0. The lowest BCUT2D eigenvalue weighted by Crippen LogP contribution is -2.63. The first-order chi connectivity index (χ1) is 16.1. The van der Waals surface area contributed by atoms with E-state index in [9.17, 15) is 32.3 Å². The summed E-state index contributed by atoms with van der Waals surface area (Å²) < 4.78 is 55.1. The number of carboxylic acids is 1. The summed E-state index contributed by atoms with van der Waals surface area (Å²) in [6.45, 7) is 0.156. The molecule has 2 N–H and O–H groups in total. The van der Waals surface area contributed by atoms with E-state index >= 15 is 0 Å². The summed E-state index contributed by atoms with van der Waals surface area (Å²) in [5.74, 6) is -2.65. The largest absolute Gasteiger partial charge is 0.481 e. The van der Waals surface area contributed by atoms with Crippen LogP contribution in [0.2, 0.25) is 0 Å². The van der Waals surface area contributed by atoms with Crippen LogP contribution in [-0.2, 0) is 17.5 Å². The lowest BCUT2D eigenvalue weighted by molar-refractivity contribution is -0.161. The number of carboxylic acid groups (broad SMARTS) is 1. The summed E-state index contributed by atoms with van der Waals surface area (Å²) >= 11 is 0. The van der Waals surface area contributed by atoms with E-state index in [2.05, 4.69) is 5.32 Å². The maximum atomic E-state index is 14.9. The maximum Gasteiger partial charge on any atom is 0.416 e. The topological polar surface area (TPSA) is 71.3 Å². The summed E-state index contributed by atoms with van der Waals surface area (Å²) in [7, 11) is 0. The molecule has 3 saturated carbocycles. The van der Waals surface area contributed by atoms with Gasteiger partial charge >= 0.3 is 12.1 Å². The van der Waals surface area contributed by atoms with Gasteiger partial charge in [-0.25, -0.2) is 4.39 Å². The van der Waals surface area contributed by atoms with Crippen LogP contribution in [0.1, 0.15) is 40.7 Å². The second kappa shape index (κ2) is 6.61. The van der Waals surface area contributed by atoms with Gasteiger partial charge in [0, 0.05) is 29.6 Å². The fraction of sp³-hybridized carbons (Fsp3) is 0.360. The SMILES string of the molecule is O=C(NC1CC23CC(C(=O)O)C12C3)c1c(F)ccc2ccn(Cc3ccc(C(F)(F)F)cc3)c12. The van der Waals surface area contributed by atoms with Crippen LogP contribution < -0.4 is 5.32 Å². The zero-order valence-electron chi connectivity index (χ0n) is 17.8. The normalized spacial score (nSPS) is 28.9. The lowest BCUT2D eigenvalue weighted by Gasteiger charge is -2.56. The Morgan fingerprint density at radius 2 is 1.82 bits per heavy atom. The molecule has 2 aromatic carbocycles. The van der Waals surface area contributed by atoms with Crippen LogP contribution in [0, 0.1) is 22.6 Å². The molecule has 5 nitrogen and oxygen atoms in total. The Balaban J connectivity index is 1.29. The molecule has 6 rings (SSSR count). The molecule has 4 unspecified atom stereocenters. The van der Waals surface area contributed by atoms with Crippen LogP contribution >= 0.6 is 0 Å². The van der Waals surface area contributed by atoms with Crippen molar-refractivity contribution >= 4 is 22.8 Å². The number of aromatic nitrogens is 1. The maximum absolute atomic E-state index is 14.9. The molecule has 3 aromatic rings. The predicted octanol–water partition coefficient (Wildman–Crippen LogP) is 4.83. The van der Waals surface area contributed by atoms with E-state index in [4.69, 9.17) is 0 Å². The Kier molecular flexibility index (Phi) is 4.12. The van der Waals surface area contributed by atoms with Gasteiger partial charge in [0.2, 0.25) is 0 Å². The monoisotopic (exact) mass is 472 g/mol. The zero-order valence-corrected chi connectivity index (χ0v) is 17.8. The molecule has 1 heterocycles. The van der Waals surface area contributed by atoms with Gasteiger partial charge in [-0.15, -0.1) is 0 Å². The predicted molar refractivity (Wildman–Crippen MR) is 114 cm³/mol. The number of hydrogen-bond acceptors (Lipinski definition) is 2. The Labute approximate surface area is 191 Å². The second-order valence-electron chi connectivity index (χ2n) is 9.82. The smallest absolute Gasteiger partial charge is 0.416 e. The van der Waals surface area contributed by atoms with Gasteiger partial charge in [0.05, 0.1) is 22.6 Å². The third kappa shape index (κ3) is 2.72. The van der Waals surface area contributed by atoms with Crippen LogP contribution in [0.4, 0.5) is 17.6 Å². The van der Waals surface area contributed by atoms with Crippen LogP contribution in [0.15, 0.2) is 48.7 Å². The number of hydrogen-bond donors (Lipinski definition) is 2. The van der Waals surface area contributed by atoms with E-state index in [0.29, 0.717) is 29.3 Å². The molecule has 1 aromatic heterocycles. The highest BCUT2D eigenvalue weighted by Crippen LogP contribution is 2.90. The van der Waals surface area contributed by atoms with Gasteiger partial charge in [-0.2, -0.15) is 13.2 Å². The number of carbonyl (C=O) groups excluding carboxylic acids is 1. The zero-order chi connectivity index (χ0) is 24.0. The molecular formula is C25H20F4N2O3. The van der Waals surface area contributed by atoms with Gasteiger partial charge in [0.1, 0.15) is 5.82 Å². The Morgan fingerprint density at radius 1 is 1.09 bits per heavy atom. The van der Waals surface area contributed by atoms with Crippen LogP contribution in [0.5, 0.6) is 0 Å². The molecule has 34 heavy (non-hydrogen) atoms. The van der Waals surface area contributed by atoms with E-state index < -0.39 is 40.8 Å². The first-order valence-corrected chi connectivity index (χ1v) is 11.0. The molecule has 0 bridgehead atoms. The summed E-state index contributed by atoms with van der Waals surface area (Å²) in [6, 6.07) is 8.87. The number of carbonyl (C=O) groups is 2. The first kappa shape index (κ1) is 21.2. The highest BCUT2D eigenvalue weighted by Gasteiger charge is 2.90. The molecule has 1 amide bonds. The second-order valence-corrected chi connectivity index (χ2v) is 9.82. The van der Waals surface area contributed by atoms with Crippen molar-refractivity contribution in [2.75, 3.05) is 0 Å². The molecule has 3 aliphatic rings. The number of fused-ring (bicyclic) bond motifs is 1. The average molecular weight is 472 g/mol. The fourth-order valence-corrected chi connectivity index (χ4v) is 6.57. The average Bonchev–Trinajstić information content (AvgIpc) is 3.10. The highest BCUT2D eigenvalue weighted by atomic mass is 19.4. The summed E-state index contributed by atoms with van der Waals surface area (Å²) in [5.41, 5.74) is -0.357. The standard InChI is InChI=1S/C25H20F4N2O3/c26-17-6-3-14-7-8-31(11-13-1-4-15(5-2-13)25(27,28)29)20(14)19(17)21(32)30-18-10-23-9-16(22(33)34)24(18,23)12-23/h1-8,16,18H,9-12H2,(H,30,32)(H,33,34). The number of amides is 1. The molecular weight excluding hydrogens is 452 g/mol. The van der Waals surface area contributed by atoms with Gasteiger partial charge in [0.25, 0.3) is 5.91 Å². The molecule has 0 aliphatic heterocycles. The molecule has 4 atom stereocenters. The summed E-state index contributed by atoms with van der Waals surface area (Å²) in [6.07, 6.45) is -0.660. The number of nitrogens with zero attached hydrogens (tertiary/aromatic N) is 1. The lowest BCUT2D eigenvalue weighted by atomic mass is 9.50. The van der Waals surface area contributed by atoms with Crippen LogP contribution in [0.3, 0.4) is 0 Å². The van der Waals surface area contributed by atoms with Crippen molar-refractivity contribution in [2.45, 2.75) is 38.0 Å². The van der Waals surface area contributed by atoms with Crippen molar-refractivity contribution in [1.29, 1.82) is 0 Å². The number of rotatable bonds is 5. The minimum Gasteiger partial charge on any atom is -0.481 e. The quantitative estimate of drug-likeness (QED) is 0.523. The van der Waals surface area contributed by atoms with E-state index in [-0.39, 0.29) is 23.6 Å². The number of alkyl halides is 3. The molecule has 0 radical (unpaired) electrons. The van der Waals surface area contributed by atoms with Crippen molar-refractivity contribution in [2.24, 2.45) is 16.7 Å². The number of aliphatic carboxylic acids is 1. The molecule has 3 fully saturated rings. The summed E-state index contributed by atoms with van der Waals surface area (Å²) in [4.78, 5) is 24.8. The molecule has 9 heteroatoms. The third-order valence-corrected chi connectivity index (χ3v) is 8.27. The Bertz CT molecular complexity index is 1360. The number of halogens is 4. The highest BCUT2D eigenvalue weighted by molar-refractivity contribution is 6.06. The van der Waals surface area contributed by atoms with E-state index in [1.165, 1.54) is 18.2 Å². The van der Waals surface area contributed by atoms with Crippen molar-refractivity contribution in [3.05, 3.63) is 71.2 Å². The van der Waals surface area contributed by atoms with E-state index in [1.54, 1.807) is 22.9 Å². The van der Waals surface area contributed by atoms with Crippen molar-refractivity contribution in [3.63, 3.8) is 0 Å². The fourth-order valence-electron chi connectivity index (χ4n) is 6.57.